The third-order valence-electron chi connectivity index (χ3n) is 0. The van der Waals surface area contributed by atoms with Crippen molar-refractivity contribution in [2.45, 2.75) is 0 Å². The Labute approximate surface area is 74.4 Å². The van der Waals surface area contributed by atoms with Gasteiger partial charge < -0.3 is 27.4 Å². The maximum Gasteiger partial charge on any atom is 6.00 e. The first kappa shape index (κ1) is 242. The van der Waals surface area contributed by atoms with Crippen LogP contribution in [0, 0.1) is 0 Å². The predicted molar refractivity (Wildman–Crippen MR) is 3.43 cm³/mol. The number of hydrogen-bond acceptors (Lipinski definition) is 0. The van der Waals surface area contributed by atoms with E-state index in [9.17, 15) is 0 Å². The maximum absolute atomic E-state index is 0. The summed E-state index contributed by atoms with van der Waals surface area (Å²) in [5.41, 5.74) is 0. The van der Waals surface area contributed by atoms with Crippen molar-refractivity contribution in [1.82, 2.24) is 0 Å². The second-order valence-electron chi connectivity index (χ2n) is 0. The summed E-state index contributed by atoms with van der Waals surface area (Å²) in [5.74, 6) is 0. The average Bonchev–Trinajstić information content (AvgIpc) is 0. The van der Waals surface area contributed by atoms with Gasteiger partial charge >= 0.3 is 47.3 Å². The molecule has 0 aromatic rings. The summed E-state index contributed by atoms with van der Waals surface area (Å²) in [6, 6.07) is 0. The zero-order valence-corrected chi connectivity index (χ0v) is 8.34. The molecule has 0 N–H and O–H groups in total. The second kappa shape index (κ2) is 159. The van der Waals surface area contributed by atoms with Crippen molar-refractivity contribution in [3.63, 3.8) is 0 Å². The molecule has 0 heterocycles. The van der Waals surface area contributed by atoms with Crippen LogP contribution in [0.2, 0.25) is 0 Å². The van der Waals surface area contributed by atoms with E-state index in [-0.39, 0.29) is 74.6 Å². The molecule has 0 aromatic carbocycles. The van der Waals surface area contributed by atoms with Crippen LogP contribution in [-0.2, 0) is 74.6 Å². The summed E-state index contributed by atoms with van der Waals surface area (Å²) in [7, 11) is 0. The fraction of sp³-hybridized carbons (Fsp3) is 0. The molecule has 0 aromatic heterocycles. The first-order valence-corrected chi connectivity index (χ1v) is 0. The van der Waals surface area contributed by atoms with Crippen molar-refractivity contribution in [1.29, 1.82) is 0 Å². The Bertz CT molecular complexity index is 8.04. The molecule has 0 aliphatic carbocycles. The molecular weight excluding hydrogens is 355 g/mol. The Balaban J connectivity index is 0. The third kappa shape index (κ3) is 113. The molecular formula is O5WZr. The fourth-order valence-corrected chi connectivity index (χ4v) is 0. The summed E-state index contributed by atoms with van der Waals surface area (Å²) in [4.78, 5) is 0. The van der Waals surface area contributed by atoms with Crippen molar-refractivity contribution < 1.29 is 74.6 Å². The van der Waals surface area contributed by atoms with Crippen molar-refractivity contribution in [2.75, 3.05) is 0 Å². The van der Waals surface area contributed by atoms with E-state index in [0.29, 0.717) is 0 Å². The maximum atomic E-state index is 0. The van der Waals surface area contributed by atoms with E-state index in [1.54, 1.807) is 0 Å². The van der Waals surface area contributed by atoms with Crippen LogP contribution in [0.25, 0.3) is 0 Å². The van der Waals surface area contributed by atoms with Gasteiger partial charge in [0.1, 0.15) is 0 Å². The summed E-state index contributed by atoms with van der Waals surface area (Å²) in [5, 5.41) is 0. The topological polar surface area (TPSA) is 142 Å². The van der Waals surface area contributed by atoms with Gasteiger partial charge in [-0.15, -0.1) is 0 Å². The molecule has 0 saturated heterocycles. The van der Waals surface area contributed by atoms with Crippen LogP contribution in [-0.4, -0.2) is 0 Å². The molecule has 0 aliphatic rings. The molecule has 40 valence electrons. The Hall–Kier alpha value is 1.37. The monoisotopic (exact) mass is 354 g/mol. The van der Waals surface area contributed by atoms with E-state index in [1.165, 1.54) is 0 Å². The van der Waals surface area contributed by atoms with Crippen LogP contribution in [0.4, 0.5) is 0 Å². The van der Waals surface area contributed by atoms with Gasteiger partial charge in [-0.1, -0.05) is 0 Å². The minimum absolute atomic E-state index is 0. The molecule has 0 saturated carbocycles. The fourth-order valence-electron chi connectivity index (χ4n) is 0. The molecule has 0 atom stereocenters. The average molecular weight is 355 g/mol. The van der Waals surface area contributed by atoms with Crippen LogP contribution in [0.3, 0.4) is 0 Å². The first-order valence-electron chi connectivity index (χ1n) is 0. The van der Waals surface area contributed by atoms with Crippen LogP contribution >= 0.6 is 0 Å². The van der Waals surface area contributed by atoms with Gasteiger partial charge in [-0.2, -0.15) is 0 Å². The van der Waals surface area contributed by atoms with Crippen LogP contribution < -0.4 is 0 Å². The van der Waals surface area contributed by atoms with Crippen LogP contribution in [0.5, 0.6) is 0 Å². The van der Waals surface area contributed by atoms with Crippen molar-refractivity contribution >= 4 is 0 Å². The molecule has 0 fully saturated rings. The van der Waals surface area contributed by atoms with Gasteiger partial charge in [-0.3, -0.25) is 0 Å². The Morgan fingerprint density at radius 2 is 0.429 bits per heavy atom. The van der Waals surface area contributed by atoms with E-state index < -0.39 is 0 Å². The first-order chi connectivity index (χ1) is 0. The summed E-state index contributed by atoms with van der Waals surface area (Å²) in [6.45, 7) is 0. The van der Waals surface area contributed by atoms with E-state index >= 15 is 0 Å². The zero-order valence-electron chi connectivity index (χ0n) is 2.95. The molecule has 0 spiro atoms. The van der Waals surface area contributed by atoms with Gasteiger partial charge in [0, 0.05) is 0 Å². The van der Waals surface area contributed by atoms with Gasteiger partial charge in [0.25, 0.3) is 0 Å². The quantitative estimate of drug-likeness (QED) is 0.547. The Kier molecular flexibility index (Phi) is 5500. The van der Waals surface area contributed by atoms with E-state index in [2.05, 4.69) is 0 Å². The minimum Gasteiger partial charge on any atom is -2.00 e. The minimum atomic E-state index is 0. The van der Waals surface area contributed by atoms with Gasteiger partial charge in [-0.25, -0.2) is 0 Å². The molecule has 0 bridgehead atoms. The molecule has 0 rings (SSSR count). The van der Waals surface area contributed by atoms with E-state index in [4.69, 9.17) is 0 Å². The molecule has 7 heteroatoms. The molecule has 7 heavy (non-hydrogen) atoms. The third-order valence-corrected chi connectivity index (χ3v) is 0. The molecule has 0 unspecified atom stereocenters. The zero-order chi connectivity index (χ0) is 0. The van der Waals surface area contributed by atoms with Crippen molar-refractivity contribution in [2.24, 2.45) is 0 Å². The molecule has 5 nitrogen and oxygen atoms in total. The van der Waals surface area contributed by atoms with Gasteiger partial charge in [-0.05, 0) is 0 Å². The van der Waals surface area contributed by atoms with Crippen LogP contribution in [0.15, 0.2) is 0 Å². The SMILES string of the molecule is [O-2].[O-2].[O-2].[O-2].[O-2].[W+6].[Zr+4]. The standard InChI is InChI=1S/5O.W.Zr/q5*-2;+6;+4. The summed E-state index contributed by atoms with van der Waals surface area (Å²) in [6.07, 6.45) is 0. The van der Waals surface area contributed by atoms with Gasteiger partial charge in [0.15, 0.2) is 0 Å². The number of rotatable bonds is 0. The van der Waals surface area contributed by atoms with Gasteiger partial charge in [0.2, 0.25) is 0 Å². The summed E-state index contributed by atoms with van der Waals surface area (Å²) >= 11 is 0. The molecule has 0 amide bonds. The van der Waals surface area contributed by atoms with E-state index in [1.807, 2.05) is 0 Å². The van der Waals surface area contributed by atoms with Crippen LogP contribution in [0.1, 0.15) is 0 Å². The molecule has 0 radical (unpaired) electrons. The largest absolute Gasteiger partial charge is 6.00 e. The predicted octanol–water partition coefficient (Wildman–Crippen LogP) is -0.599. The second-order valence-corrected chi connectivity index (χ2v) is 0. The van der Waals surface area contributed by atoms with Crippen molar-refractivity contribution in [3.8, 4) is 0 Å². The van der Waals surface area contributed by atoms with Gasteiger partial charge in [0.05, 0.1) is 0 Å². The Morgan fingerprint density at radius 3 is 0.429 bits per heavy atom. The summed E-state index contributed by atoms with van der Waals surface area (Å²) < 4.78 is 0. The smallest absolute Gasteiger partial charge is 2.00 e. The Morgan fingerprint density at radius 1 is 0.429 bits per heavy atom. The van der Waals surface area contributed by atoms with Crippen molar-refractivity contribution in [3.05, 3.63) is 0 Å². The van der Waals surface area contributed by atoms with E-state index in [0.717, 1.165) is 0 Å². The molecule has 0 aliphatic heterocycles. The number of hydrogen-bond donors (Lipinski definition) is 0. The normalized spacial score (nSPS) is 0.